The van der Waals surface area contributed by atoms with Gasteiger partial charge in [-0.15, -0.1) is 0 Å². The summed E-state index contributed by atoms with van der Waals surface area (Å²) in [7, 11) is 3.01. The van der Waals surface area contributed by atoms with Crippen LogP contribution in [-0.4, -0.2) is 50.9 Å². The molecule has 0 spiro atoms. The van der Waals surface area contributed by atoms with Crippen molar-refractivity contribution in [3.63, 3.8) is 0 Å². The number of benzene rings is 1. The summed E-state index contributed by atoms with van der Waals surface area (Å²) in [5.74, 6) is -0.597. The Labute approximate surface area is 170 Å². The monoisotopic (exact) mass is 415 g/mol. The Bertz CT molecular complexity index is 1110. The molecule has 150 valence electrons. The number of esters is 1. The van der Waals surface area contributed by atoms with E-state index in [0.717, 1.165) is 5.56 Å². The number of methoxy groups -OCH3 is 1. The number of ether oxygens (including phenoxy) is 1. The lowest BCUT2D eigenvalue weighted by Gasteiger charge is -2.05. The molecule has 0 saturated carbocycles. The Kier molecular flexibility index (Phi) is 5.74. The maximum atomic E-state index is 12.3. The standard InChI is InChI=1S/C18H18ClN7O3/c1-26-16(10-5-3-9(4-6-10)14(20)21)23-12-13(19)24-15(25-17(12)26)18(28)22-8-7-11(27)29-2/h3-6H,7-8H2,1-2H3,(H3,20,21)(H,22,28). The number of rotatable bonds is 6. The van der Waals surface area contributed by atoms with Crippen molar-refractivity contribution in [2.45, 2.75) is 6.42 Å². The number of nitrogens with one attached hydrogen (secondary N) is 2. The van der Waals surface area contributed by atoms with E-state index in [-0.39, 0.29) is 29.8 Å². The molecule has 4 N–H and O–H groups in total. The van der Waals surface area contributed by atoms with Crippen LogP contribution in [0.1, 0.15) is 22.6 Å². The SMILES string of the molecule is COC(=O)CCNC(=O)c1nc(Cl)c2nc(-c3ccc(C(=N)N)cc3)n(C)c2n1. The lowest BCUT2D eigenvalue weighted by atomic mass is 10.1. The fraction of sp³-hybridized carbons (Fsp3) is 0.222. The molecule has 3 aromatic rings. The lowest BCUT2D eigenvalue weighted by molar-refractivity contribution is -0.140. The first-order chi connectivity index (χ1) is 13.8. The van der Waals surface area contributed by atoms with E-state index in [2.05, 4.69) is 25.0 Å². The second-order valence-corrected chi connectivity index (χ2v) is 6.44. The summed E-state index contributed by atoms with van der Waals surface area (Å²) < 4.78 is 6.21. The molecule has 0 aliphatic carbocycles. The van der Waals surface area contributed by atoms with E-state index in [4.69, 9.17) is 22.7 Å². The van der Waals surface area contributed by atoms with Crippen LogP contribution in [0, 0.1) is 5.41 Å². The molecule has 10 nitrogen and oxygen atoms in total. The summed E-state index contributed by atoms with van der Waals surface area (Å²) in [6.45, 7) is 0.0870. The number of fused-ring (bicyclic) bond motifs is 1. The molecule has 0 aliphatic rings. The van der Waals surface area contributed by atoms with Gasteiger partial charge in [0.1, 0.15) is 17.2 Å². The lowest BCUT2D eigenvalue weighted by Crippen LogP contribution is -2.28. The van der Waals surface area contributed by atoms with Gasteiger partial charge < -0.3 is 20.4 Å². The molecule has 1 aromatic carbocycles. The maximum Gasteiger partial charge on any atom is 0.307 e. The molecule has 2 aromatic heterocycles. The van der Waals surface area contributed by atoms with Gasteiger partial charge in [0, 0.05) is 24.7 Å². The van der Waals surface area contributed by atoms with Crippen molar-refractivity contribution in [2.75, 3.05) is 13.7 Å². The van der Waals surface area contributed by atoms with E-state index >= 15 is 0 Å². The number of nitrogens with two attached hydrogens (primary N) is 1. The number of hydrogen-bond donors (Lipinski definition) is 3. The number of halogens is 1. The second-order valence-electron chi connectivity index (χ2n) is 6.08. The van der Waals surface area contributed by atoms with E-state index in [0.29, 0.717) is 22.6 Å². The molecule has 29 heavy (non-hydrogen) atoms. The molecule has 1 amide bonds. The Morgan fingerprint density at radius 1 is 1.24 bits per heavy atom. The number of hydrogen-bond acceptors (Lipinski definition) is 7. The van der Waals surface area contributed by atoms with E-state index in [9.17, 15) is 9.59 Å². The van der Waals surface area contributed by atoms with Gasteiger partial charge in [-0.05, 0) is 0 Å². The van der Waals surface area contributed by atoms with Gasteiger partial charge in [-0.3, -0.25) is 15.0 Å². The van der Waals surface area contributed by atoms with Gasteiger partial charge in [0.05, 0.1) is 13.5 Å². The Morgan fingerprint density at radius 3 is 2.55 bits per heavy atom. The molecule has 2 heterocycles. The van der Waals surface area contributed by atoms with Crippen LogP contribution in [-0.2, 0) is 16.6 Å². The van der Waals surface area contributed by atoms with Gasteiger partial charge >= 0.3 is 5.97 Å². The van der Waals surface area contributed by atoms with Crippen molar-refractivity contribution in [1.82, 2.24) is 24.8 Å². The maximum absolute atomic E-state index is 12.3. The van der Waals surface area contributed by atoms with Gasteiger partial charge in [0.2, 0.25) is 5.82 Å². The summed E-state index contributed by atoms with van der Waals surface area (Å²) in [6, 6.07) is 6.98. The van der Waals surface area contributed by atoms with Crippen molar-refractivity contribution in [3.05, 3.63) is 40.8 Å². The van der Waals surface area contributed by atoms with Crippen LogP contribution in [0.4, 0.5) is 0 Å². The highest BCUT2D eigenvalue weighted by molar-refractivity contribution is 6.33. The number of imidazole rings is 1. The zero-order valence-electron chi connectivity index (χ0n) is 15.7. The summed E-state index contributed by atoms with van der Waals surface area (Å²) in [4.78, 5) is 36.2. The zero-order chi connectivity index (χ0) is 21.1. The Balaban J connectivity index is 1.91. The van der Waals surface area contributed by atoms with Crippen LogP contribution in [0.15, 0.2) is 24.3 Å². The number of aromatic nitrogens is 4. The van der Waals surface area contributed by atoms with Crippen molar-refractivity contribution in [2.24, 2.45) is 12.8 Å². The van der Waals surface area contributed by atoms with Gasteiger partial charge in [-0.2, -0.15) is 0 Å². The summed E-state index contributed by atoms with van der Waals surface area (Å²) in [5.41, 5.74) is 7.57. The molecular weight excluding hydrogens is 398 g/mol. The molecule has 11 heteroatoms. The Morgan fingerprint density at radius 2 is 1.93 bits per heavy atom. The van der Waals surface area contributed by atoms with Gasteiger partial charge in [-0.1, -0.05) is 35.9 Å². The van der Waals surface area contributed by atoms with E-state index < -0.39 is 11.9 Å². The minimum Gasteiger partial charge on any atom is -0.469 e. The van der Waals surface area contributed by atoms with Crippen LogP contribution in [0.3, 0.4) is 0 Å². The molecule has 0 atom stereocenters. The smallest absolute Gasteiger partial charge is 0.307 e. The predicted octanol–water partition coefficient (Wildman–Crippen LogP) is 1.26. The fourth-order valence-corrected chi connectivity index (χ4v) is 2.85. The quantitative estimate of drug-likeness (QED) is 0.237. The van der Waals surface area contributed by atoms with Crippen molar-refractivity contribution >= 4 is 40.5 Å². The van der Waals surface area contributed by atoms with Crippen molar-refractivity contribution in [3.8, 4) is 11.4 Å². The summed E-state index contributed by atoms with van der Waals surface area (Å²) in [6.07, 6.45) is 0.0321. The fourth-order valence-electron chi connectivity index (χ4n) is 2.65. The van der Waals surface area contributed by atoms with E-state index in [1.54, 1.807) is 35.9 Å². The van der Waals surface area contributed by atoms with E-state index in [1.807, 2.05) is 0 Å². The molecular formula is C18H18ClN7O3. The first kappa shape index (κ1) is 20.2. The van der Waals surface area contributed by atoms with Crippen LogP contribution < -0.4 is 11.1 Å². The van der Waals surface area contributed by atoms with Gasteiger partial charge in [0.25, 0.3) is 5.91 Å². The molecule has 0 saturated heterocycles. The number of amidine groups is 1. The topological polar surface area (TPSA) is 149 Å². The molecule has 0 fully saturated rings. The number of aryl methyl sites for hydroxylation is 1. The second kappa shape index (κ2) is 8.23. The summed E-state index contributed by atoms with van der Waals surface area (Å²) >= 11 is 6.23. The van der Waals surface area contributed by atoms with Gasteiger partial charge in [0.15, 0.2) is 10.8 Å². The molecule has 0 unspecified atom stereocenters. The minimum atomic E-state index is -0.564. The highest BCUT2D eigenvalue weighted by atomic mass is 35.5. The largest absolute Gasteiger partial charge is 0.469 e. The third kappa shape index (κ3) is 4.16. The highest BCUT2D eigenvalue weighted by Crippen LogP contribution is 2.26. The normalized spacial score (nSPS) is 10.7. The molecule has 0 bridgehead atoms. The number of carbonyl (C=O) groups excluding carboxylic acids is 2. The Hall–Kier alpha value is -3.53. The van der Waals surface area contributed by atoms with Crippen molar-refractivity contribution in [1.29, 1.82) is 5.41 Å². The minimum absolute atomic E-state index is 0.0293. The average Bonchev–Trinajstić information content (AvgIpc) is 3.05. The van der Waals surface area contributed by atoms with Crippen LogP contribution in [0.5, 0.6) is 0 Å². The average molecular weight is 416 g/mol. The zero-order valence-corrected chi connectivity index (χ0v) is 16.4. The molecule has 0 radical (unpaired) electrons. The number of nitrogens with zero attached hydrogens (tertiary/aromatic N) is 4. The summed E-state index contributed by atoms with van der Waals surface area (Å²) in [5, 5.41) is 10.1. The van der Waals surface area contributed by atoms with E-state index in [1.165, 1.54) is 7.11 Å². The van der Waals surface area contributed by atoms with Gasteiger partial charge in [-0.25, -0.2) is 15.0 Å². The predicted molar refractivity (Wildman–Crippen MR) is 107 cm³/mol. The first-order valence-corrected chi connectivity index (χ1v) is 8.89. The van der Waals surface area contributed by atoms with Crippen LogP contribution >= 0.6 is 11.6 Å². The number of nitrogen functional groups attached to an aromatic ring is 1. The van der Waals surface area contributed by atoms with Crippen LogP contribution in [0.2, 0.25) is 5.15 Å². The van der Waals surface area contributed by atoms with Crippen molar-refractivity contribution < 1.29 is 14.3 Å². The highest BCUT2D eigenvalue weighted by Gasteiger charge is 2.19. The van der Waals surface area contributed by atoms with Crippen LogP contribution in [0.25, 0.3) is 22.6 Å². The third-order valence-electron chi connectivity index (χ3n) is 4.18. The number of carbonyl (C=O) groups is 2. The number of amides is 1. The third-order valence-corrected chi connectivity index (χ3v) is 4.44. The molecule has 0 aliphatic heterocycles. The first-order valence-electron chi connectivity index (χ1n) is 8.51. The molecule has 3 rings (SSSR count).